The van der Waals surface area contributed by atoms with Crippen LogP contribution in [0.3, 0.4) is 0 Å². The maximum absolute atomic E-state index is 12.4. The fraction of sp³-hybridized carbons (Fsp3) is 0.562. The molecule has 2 rings (SSSR count). The van der Waals surface area contributed by atoms with E-state index in [0.717, 1.165) is 32.2 Å². The molecule has 1 aromatic carbocycles. The molecule has 1 amide bonds. The number of carbonyl (C=O) groups is 1. The molecule has 1 fully saturated rings. The van der Waals surface area contributed by atoms with Crippen molar-refractivity contribution in [2.75, 3.05) is 13.6 Å². The van der Waals surface area contributed by atoms with Gasteiger partial charge in [-0.2, -0.15) is 0 Å². The Morgan fingerprint density at radius 2 is 1.90 bits per heavy atom. The van der Waals surface area contributed by atoms with E-state index >= 15 is 0 Å². The van der Waals surface area contributed by atoms with Gasteiger partial charge in [-0.15, -0.1) is 0 Å². The van der Waals surface area contributed by atoms with Crippen LogP contribution in [-0.4, -0.2) is 46.7 Å². The number of nitrogens with one attached hydrogen (secondary N) is 1. The fourth-order valence-electron chi connectivity index (χ4n) is 2.98. The smallest absolute Gasteiger partial charge is 0.253 e. The van der Waals surface area contributed by atoms with Crippen molar-refractivity contribution in [3.63, 3.8) is 0 Å². The molecule has 0 atom stereocenters. The zero-order chi connectivity index (χ0) is 15.4. The fourth-order valence-corrected chi connectivity index (χ4v) is 2.98. The molecule has 116 valence electrons. The Hall–Kier alpha value is -1.75. The minimum Gasteiger partial charge on any atom is -0.504 e. The molecule has 0 aromatic heterocycles. The average molecular weight is 292 g/mol. The van der Waals surface area contributed by atoms with E-state index in [9.17, 15) is 15.0 Å². The quantitative estimate of drug-likeness (QED) is 0.743. The van der Waals surface area contributed by atoms with Crippen LogP contribution in [0.4, 0.5) is 0 Å². The number of carbonyl (C=O) groups excluding carboxylic acids is 1. The second-order valence-corrected chi connectivity index (χ2v) is 5.68. The van der Waals surface area contributed by atoms with Gasteiger partial charge in [0.15, 0.2) is 11.5 Å². The Labute approximate surface area is 125 Å². The summed E-state index contributed by atoms with van der Waals surface area (Å²) in [6.07, 6.45) is 4.14. The molecule has 0 spiro atoms. The van der Waals surface area contributed by atoms with Crippen molar-refractivity contribution in [1.29, 1.82) is 0 Å². The third kappa shape index (κ3) is 3.67. The van der Waals surface area contributed by atoms with Crippen molar-refractivity contribution < 1.29 is 15.0 Å². The third-order valence-electron chi connectivity index (χ3n) is 4.28. The first-order valence-corrected chi connectivity index (χ1v) is 7.55. The summed E-state index contributed by atoms with van der Waals surface area (Å²) in [6.45, 7) is 3.09. The number of rotatable bonds is 4. The molecule has 0 bridgehead atoms. The zero-order valence-electron chi connectivity index (χ0n) is 12.7. The highest BCUT2D eigenvalue weighted by atomic mass is 16.3. The standard InChI is InChI=1S/C16H24N2O3/c1-3-17-12-5-7-13(8-6-12)18(2)16(21)11-4-9-14(19)15(20)10-11/h4,9-10,12-13,17,19-20H,3,5-8H2,1-2H3. The maximum atomic E-state index is 12.4. The van der Waals surface area contributed by atoms with E-state index in [1.54, 1.807) is 4.90 Å². The summed E-state index contributed by atoms with van der Waals surface area (Å²) >= 11 is 0. The normalized spacial score (nSPS) is 22.0. The Morgan fingerprint density at radius 1 is 1.24 bits per heavy atom. The molecule has 5 heteroatoms. The Bertz CT molecular complexity index is 496. The summed E-state index contributed by atoms with van der Waals surface area (Å²) in [6, 6.07) is 5.01. The van der Waals surface area contributed by atoms with E-state index in [1.165, 1.54) is 18.2 Å². The minimum absolute atomic E-state index is 0.114. The molecule has 0 unspecified atom stereocenters. The van der Waals surface area contributed by atoms with Crippen LogP contribution in [0.15, 0.2) is 18.2 Å². The van der Waals surface area contributed by atoms with Gasteiger partial charge in [0.1, 0.15) is 0 Å². The lowest BCUT2D eigenvalue weighted by atomic mass is 9.90. The van der Waals surface area contributed by atoms with Gasteiger partial charge < -0.3 is 20.4 Å². The molecular formula is C16H24N2O3. The highest BCUT2D eigenvalue weighted by Crippen LogP contribution is 2.27. The third-order valence-corrected chi connectivity index (χ3v) is 4.28. The highest BCUT2D eigenvalue weighted by Gasteiger charge is 2.26. The van der Waals surface area contributed by atoms with Gasteiger partial charge in [-0.1, -0.05) is 6.92 Å². The van der Waals surface area contributed by atoms with Crippen molar-refractivity contribution >= 4 is 5.91 Å². The van der Waals surface area contributed by atoms with Gasteiger partial charge in [0.2, 0.25) is 0 Å². The predicted molar refractivity (Wildman–Crippen MR) is 81.6 cm³/mol. The van der Waals surface area contributed by atoms with Gasteiger partial charge in [-0.05, 0) is 50.4 Å². The Morgan fingerprint density at radius 3 is 2.48 bits per heavy atom. The van der Waals surface area contributed by atoms with Gasteiger partial charge in [0.05, 0.1) is 0 Å². The lowest BCUT2D eigenvalue weighted by Gasteiger charge is -2.35. The van der Waals surface area contributed by atoms with Crippen molar-refractivity contribution in [1.82, 2.24) is 10.2 Å². The lowest BCUT2D eigenvalue weighted by Crippen LogP contribution is -2.43. The van der Waals surface area contributed by atoms with Gasteiger partial charge in [0.25, 0.3) is 5.91 Å². The van der Waals surface area contributed by atoms with Crippen LogP contribution in [-0.2, 0) is 0 Å². The average Bonchev–Trinajstić information content (AvgIpc) is 2.50. The first kappa shape index (κ1) is 15.6. The van der Waals surface area contributed by atoms with Gasteiger partial charge in [-0.3, -0.25) is 4.79 Å². The van der Waals surface area contributed by atoms with E-state index in [2.05, 4.69) is 12.2 Å². The molecule has 5 nitrogen and oxygen atoms in total. The number of aromatic hydroxyl groups is 2. The van der Waals surface area contributed by atoms with Crippen molar-refractivity contribution in [2.45, 2.75) is 44.7 Å². The van der Waals surface area contributed by atoms with Crippen LogP contribution in [0.1, 0.15) is 43.0 Å². The van der Waals surface area contributed by atoms with Crippen molar-refractivity contribution in [3.8, 4) is 11.5 Å². The molecule has 0 heterocycles. The number of phenols is 2. The van der Waals surface area contributed by atoms with E-state index in [-0.39, 0.29) is 23.4 Å². The second-order valence-electron chi connectivity index (χ2n) is 5.68. The number of hydrogen-bond donors (Lipinski definition) is 3. The van der Waals surface area contributed by atoms with E-state index in [0.29, 0.717) is 11.6 Å². The number of phenolic OH excluding ortho intramolecular Hbond substituents is 2. The molecule has 3 N–H and O–H groups in total. The summed E-state index contributed by atoms with van der Waals surface area (Å²) in [7, 11) is 1.81. The topological polar surface area (TPSA) is 72.8 Å². The molecule has 1 aliphatic rings. The molecule has 0 radical (unpaired) electrons. The molecule has 1 aromatic rings. The van der Waals surface area contributed by atoms with Crippen LogP contribution in [0.2, 0.25) is 0 Å². The first-order valence-electron chi connectivity index (χ1n) is 7.55. The second kappa shape index (κ2) is 6.80. The number of amides is 1. The molecule has 1 saturated carbocycles. The highest BCUT2D eigenvalue weighted by molar-refractivity contribution is 5.94. The molecule has 21 heavy (non-hydrogen) atoms. The first-order chi connectivity index (χ1) is 10.0. The zero-order valence-corrected chi connectivity index (χ0v) is 12.7. The molecule has 1 aliphatic carbocycles. The van der Waals surface area contributed by atoms with Crippen LogP contribution >= 0.6 is 0 Å². The summed E-state index contributed by atoms with van der Waals surface area (Å²) in [5.41, 5.74) is 0.404. The van der Waals surface area contributed by atoms with Gasteiger partial charge >= 0.3 is 0 Å². The summed E-state index contributed by atoms with van der Waals surface area (Å²) in [5.74, 6) is -0.581. The van der Waals surface area contributed by atoms with E-state index in [4.69, 9.17) is 0 Å². The van der Waals surface area contributed by atoms with Crippen molar-refractivity contribution in [2.24, 2.45) is 0 Å². The summed E-state index contributed by atoms with van der Waals surface area (Å²) < 4.78 is 0. The van der Waals surface area contributed by atoms with Crippen LogP contribution in [0.5, 0.6) is 11.5 Å². The predicted octanol–water partition coefficient (Wildman–Crippen LogP) is 2.09. The SMILES string of the molecule is CCNC1CCC(N(C)C(=O)c2ccc(O)c(O)c2)CC1. The molecule has 0 saturated heterocycles. The van der Waals surface area contributed by atoms with Crippen LogP contribution in [0, 0.1) is 0 Å². The summed E-state index contributed by atoms with van der Waals surface area (Å²) in [4.78, 5) is 14.2. The van der Waals surface area contributed by atoms with Crippen LogP contribution < -0.4 is 5.32 Å². The maximum Gasteiger partial charge on any atom is 0.253 e. The Balaban J connectivity index is 1.98. The van der Waals surface area contributed by atoms with Gasteiger partial charge in [-0.25, -0.2) is 0 Å². The lowest BCUT2D eigenvalue weighted by molar-refractivity contribution is 0.0684. The molecular weight excluding hydrogens is 268 g/mol. The monoisotopic (exact) mass is 292 g/mol. The van der Waals surface area contributed by atoms with E-state index in [1.807, 2.05) is 7.05 Å². The number of hydrogen-bond acceptors (Lipinski definition) is 4. The Kier molecular flexibility index (Phi) is 5.07. The van der Waals surface area contributed by atoms with E-state index < -0.39 is 0 Å². The van der Waals surface area contributed by atoms with Crippen LogP contribution in [0.25, 0.3) is 0 Å². The van der Waals surface area contributed by atoms with Crippen molar-refractivity contribution in [3.05, 3.63) is 23.8 Å². The number of benzene rings is 1. The largest absolute Gasteiger partial charge is 0.504 e. The minimum atomic E-state index is -0.259. The van der Waals surface area contributed by atoms with Gasteiger partial charge in [0, 0.05) is 24.7 Å². The summed E-state index contributed by atoms with van der Waals surface area (Å²) in [5, 5.41) is 22.3. The number of nitrogens with zero attached hydrogens (tertiary/aromatic N) is 1. The molecule has 0 aliphatic heterocycles.